The lowest BCUT2D eigenvalue weighted by molar-refractivity contribution is 0.0727. The van der Waals surface area contributed by atoms with Gasteiger partial charge in [0.05, 0.1) is 5.92 Å². The molecule has 2 bridgehead atoms. The summed E-state index contributed by atoms with van der Waals surface area (Å²) in [5.74, 6) is 0.834. The minimum Gasteiger partial charge on any atom is -0.363 e. The molecular weight excluding hydrogens is 244 g/mol. The Morgan fingerprint density at radius 2 is 2.12 bits per heavy atom. The van der Waals surface area contributed by atoms with Crippen LogP contribution in [-0.2, 0) is 0 Å². The van der Waals surface area contributed by atoms with E-state index >= 15 is 0 Å². The van der Waals surface area contributed by atoms with Crippen molar-refractivity contribution in [2.24, 2.45) is 11.7 Å². The normalized spacial score (nSPS) is 30.9. The van der Waals surface area contributed by atoms with Crippen molar-refractivity contribution >= 4 is 18.3 Å². The highest BCUT2D eigenvalue weighted by Crippen LogP contribution is 2.37. The quantitative estimate of drug-likeness (QED) is 0.830. The molecule has 3 aliphatic heterocycles. The molecule has 1 amide bonds. The van der Waals surface area contributed by atoms with Crippen LogP contribution in [0.4, 0.5) is 0 Å². The first kappa shape index (κ1) is 12.3. The maximum absolute atomic E-state index is 10.9. The molecule has 94 valence electrons. The van der Waals surface area contributed by atoms with Gasteiger partial charge in [-0.2, -0.15) is 4.98 Å². The minimum atomic E-state index is -0.628. The molecule has 2 N–H and O–H groups in total. The second-order valence-electron chi connectivity index (χ2n) is 4.57. The smallest absolute Gasteiger partial charge is 0.290 e. The molecule has 0 spiro atoms. The summed E-state index contributed by atoms with van der Waals surface area (Å²) in [6.45, 7) is 3.29. The summed E-state index contributed by atoms with van der Waals surface area (Å²) in [4.78, 5) is 17.4. The molecule has 1 aromatic rings. The molecule has 3 saturated heterocycles. The zero-order valence-corrected chi connectivity index (χ0v) is 10.2. The van der Waals surface area contributed by atoms with Gasteiger partial charge in [0.2, 0.25) is 5.89 Å². The number of fused-ring (bicyclic) bond motifs is 3. The van der Waals surface area contributed by atoms with Crippen molar-refractivity contribution in [3.63, 3.8) is 0 Å². The number of rotatable bonds is 2. The van der Waals surface area contributed by atoms with E-state index in [1.165, 1.54) is 12.8 Å². The van der Waals surface area contributed by atoms with Gasteiger partial charge in [0.1, 0.15) is 0 Å². The van der Waals surface area contributed by atoms with Crippen molar-refractivity contribution in [2.45, 2.75) is 18.8 Å². The monoisotopic (exact) mass is 258 g/mol. The Morgan fingerprint density at radius 1 is 1.41 bits per heavy atom. The van der Waals surface area contributed by atoms with Crippen LogP contribution in [0.3, 0.4) is 0 Å². The van der Waals surface area contributed by atoms with Gasteiger partial charge in [0, 0.05) is 6.54 Å². The number of halogens is 1. The van der Waals surface area contributed by atoms with Crippen LogP contribution in [-0.4, -0.2) is 40.6 Å². The second-order valence-corrected chi connectivity index (χ2v) is 4.57. The molecule has 0 aliphatic carbocycles. The Morgan fingerprint density at radius 3 is 2.59 bits per heavy atom. The molecule has 3 fully saturated rings. The molecule has 3 aliphatic rings. The number of hydrogen-bond donors (Lipinski definition) is 1. The fourth-order valence-corrected chi connectivity index (χ4v) is 2.73. The highest BCUT2D eigenvalue weighted by molar-refractivity contribution is 5.88. The molecule has 0 aromatic carbocycles. The van der Waals surface area contributed by atoms with Crippen LogP contribution in [0.1, 0.15) is 35.3 Å². The molecule has 17 heavy (non-hydrogen) atoms. The third-order valence-electron chi connectivity index (χ3n) is 3.64. The average molecular weight is 259 g/mol. The lowest BCUT2D eigenvalue weighted by Crippen LogP contribution is -2.46. The average Bonchev–Trinajstić information content (AvgIpc) is 2.80. The van der Waals surface area contributed by atoms with Gasteiger partial charge in [0.15, 0.2) is 0 Å². The fraction of sp³-hybridized carbons (Fsp3) is 0.700. The number of amides is 1. The van der Waals surface area contributed by atoms with E-state index < -0.39 is 5.91 Å². The third kappa shape index (κ3) is 2.14. The van der Waals surface area contributed by atoms with E-state index in [-0.39, 0.29) is 24.1 Å². The molecule has 6 nitrogen and oxygen atoms in total. The summed E-state index contributed by atoms with van der Waals surface area (Å²) in [5, 5.41) is 3.60. The SMILES string of the molecule is Cl.NC(=O)c1noc(C2CN3CCC2CC3)n1. The van der Waals surface area contributed by atoms with E-state index in [0.29, 0.717) is 11.8 Å². The largest absolute Gasteiger partial charge is 0.363 e. The van der Waals surface area contributed by atoms with Gasteiger partial charge in [-0.3, -0.25) is 4.79 Å². The molecule has 0 radical (unpaired) electrons. The lowest BCUT2D eigenvalue weighted by atomic mass is 9.79. The van der Waals surface area contributed by atoms with Crippen LogP contribution in [0.5, 0.6) is 0 Å². The first-order valence-corrected chi connectivity index (χ1v) is 5.60. The number of nitrogens with zero attached hydrogens (tertiary/aromatic N) is 3. The Bertz CT molecular complexity index is 414. The Balaban J connectivity index is 0.00000108. The number of aromatic nitrogens is 2. The van der Waals surface area contributed by atoms with Gasteiger partial charge in [0.25, 0.3) is 11.7 Å². The summed E-state index contributed by atoms with van der Waals surface area (Å²) in [7, 11) is 0. The third-order valence-corrected chi connectivity index (χ3v) is 3.64. The lowest BCUT2D eigenvalue weighted by Gasteiger charge is -2.43. The molecule has 1 unspecified atom stereocenters. The summed E-state index contributed by atoms with van der Waals surface area (Å²) >= 11 is 0. The van der Waals surface area contributed by atoms with E-state index in [4.69, 9.17) is 10.3 Å². The van der Waals surface area contributed by atoms with Crippen LogP contribution in [0.15, 0.2) is 4.52 Å². The maximum atomic E-state index is 10.9. The highest BCUT2D eigenvalue weighted by Gasteiger charge is 2.38. The van der Waals surface area contributed by atoms with Gasteiger partial charge < -0.3 is 15.2 Å². The predicted molar refractivity (Wildman–Crippen MR) is 62.0 cm³/mol. The first-order chi connectivity index (χ1) is 7.74. The van der Waals surface area contributed by atoms with Crippen LogP contribution in [0, 0.1) is 5.92 Å². The van der Waals surface area contributed by atoms with E-state index in [9.17, 15) is 4.79 Å². The van der Waals surface area contributed by atoms with Gasteiger partial charge in [-0.1, -0.05) is 5.16 Å². The number of nitrogens with two attached hydrogens (primary N) is 1. The number of hydrogen-bond acceptors (Lipinski definition) is 5. The first-order valence-electron chi connectivity index (χ1n) is 5.60. The molecule has 1 atom stereocenters. The Hall–Kier alpha value is -1.14. The number of piperidine rings is 3. The summed E-state index contributed by atoms with van der Waals surface area (Å²) in [5.41, 5.74) is 5.10. The Labute approximate surface area is 105 Å². The van der Waals surface area contributed by atoms with Crippen LogP contribution in [0.2, 0.25) is 0 Å². The van der Waals surface area contributed by atoms with Crippen LogP contribution >= 0.6 is 12.4 Å². The van der Waals surface area contributed by atoms with Gasteiger partial charge >= 0.3 is 0 Å². The summed E-state index contributed by atoms with van der Waals surface area (Å²) in [6.07, 6.45) is 2.36. The van der Waals surface area contributed by atoms with Gasteiger partial charge in [-0.25, -0.2) is 0 Å². The number of primary amides is 1. The van der Waals surface area contributed by atoms with Crippen molar-refractivity contribution in [3.05, 3.63) is 11.7 Å². The van der Waals surface area contributed by atoms with Crippen molar-refractivity contribution in [1.29, 1.82) is 0 Å². The van der Waals surface area contributed by atoms with Gasteiger partial charge in [-0.05, 0) is 31.8 Å². The number of carbonyl (C=O) groups is 1. The van der Waals surface area contributed by atoms with E-state index in [2.05, 4.69) is 15.0 Å². The van der Waals surface area contributed by atoms with Crippen molar-refractivity contribution in [1.82, 2.24) is 15.0 Å². The maximum Gasteiger partial charge on any atom is 0.290 e. The van der Waals surface area contributed by atoms with E-state index in [1.807, 2.05) is 0 Å². The van der Waals surface area contributed by atoms with Crippen molar-refractivity contribution in [2.75, 3.05) is 19.6 Å². The minimum absolute atomic E-state index is 0. The molecule has 4 rings (SSSR count). The van der Waals surface area contributed by atoms with E-state index in [0.717, 1.165) is 19.6 Å². The Kier molecular flexibility index (Phi) is 3.35. The zero-order valence-electron chi connectivity index (χ0n) is 9.33. The summed E-state index contributed by atoms with van der Waals surface area (Å²) in [6, 6.07) is 0. The standard InChI is InChI=1S/C10H14N4O2.ClH/c11-8(15)9-12-10(16-13-9)7-5-14-3-1-6(7)2-4-14;/h6-7H,1-5H2,(H2,11,15);1H. The molecule has 0 saturated carbocycles. The van der Waals surface area contributed by atoms with E-state index in [1.54, 1.807) is 0 Å². The molecular formula is C10H15ClN4O2. The molecule has 4 heterocycles. The molecule has 1 aromatic heterocycles. The topological polar surface area (TPSA) is 85.2 Å². The fourth-order valence-electron chi connectivity index (χ4n) is 2.73. The summed E-state index contributed by atoms with van der Waals surface area (Å²) < 4.78 is 5.13. The number of carbonyl (C=O) groups excluding carboxylic acids is 1. The van der Waals surface area contributed by atoms with Crippen LogP contribution in [0.25, 0.3) is 0 Å². The zero-order chi connectivity index (χ0) is 11.1. The molecule has 7 heteroatoms. The van der Waals surface area contributed by atoms with Crippen molar-refractivity contribution in [3.8, 4) is 0 Å². The highest BCUT2D eigenvalue weighted by atomic mass is 35.5. The van der Waals surface area contributed by atoms with Crippen molar-refractivity contribution < 1.29 is 9.32 Å². The van der Waals surface area contributed by atoms with Crippen LogP contribution < -0.4 is 5.73 Å². The predicted octanol–water partition coefficient (Wildman–Crippen LogP) is 0.399. The second kappa shape index (κ2) is 4.62. The van der Waals surface area contributed by atoms with Gasteiger partial charge in [-0.15, -0.1) is 12.4 Å².